The first kappa shape index (κ1) is 24.3. The Morgan fingerprint density at radius 3 is 2.26 bits per heavy atom. The van der Waals surface area contributed by atoms with Crippen LogP contribution in [0.1, 0.15) is 39.5 Å². The predicted molar refractivity (Wildman–Crippen MR) is 134 cm³/mol. The summed E-state index contributed by atoms with van der Waals surface area (Å²) in [6, 6.07) is 13.1. The zero-order chi connectivity index (χ0) is 24.1. The summed E-state index contributed by atoms with van der Waals surface area (Å²) in [6.45, 7) is 5.36. The average molecular weight is 486 g/mol. The Labute approximate surface area is 200 Å². The lowest BCUT2D eigenvalue weighted by molar-refractivity contribution is 0.284. The lowest BCUT2D eigenvalue weighted by Gasteiger charge is -2.28. The monoisotopic (exact) mass is 485 g/mol. The molecule has 0 radical (unpaired) electrons. The summed E-state index contributed by atoms with van der Waals surface area (Å²) in [4.78, 5) is 9.46. The van der Waals surface area contributed by atoms with E-state index in [-0.39, 0.29) is 10.9 Å². The van der Waals surface area contributed by atoms with Gasteiger partial charge in [0, 0.05) is 24.5 Å². The van der Waals surface area contributed by atoms with E-state index in [4.69, 9.17) is 4.98 Å². The van der Waals surface area contributed by atoms with Gasteiger partial charge in [-0.1, -0.05) is 12.1 Å². The molecule has 0 unspecified atom stereocenters. The molecule has 182 valence electrons. The first-order chi connectivity index (χ1) is 16.3. The Balaban J connectivity index is 1.28. The molecule has 1 saturated carbocycles. The van der Waals surface area contributed by atoms with Crippen molar-refractivity contribution in [1.82, 2.24) is 14.7 Å². The highest BCUT2D eigenvalue weighted by Crippen LogP contribution is 2.29. The van der Waals surface area contributed by atoms with Crippen LogP contribution in [0, 0.1) is 17.7 Å². The Kier molecular flexibility index (Phi) is 7.63. The van der Waals surface area contributed by atoms with Gasteiger partial charge in [0.2, 0.25) is 16.0 Å². The smallest absolute Gasteiger partial charge is 0.240 e. The van der Waals surface area contributed by atoms with E-state index in [1.807, 2.05) is 24.3 Å². The Morgan fingerprint density at radius 2 is 1.59 bits per heavy atom. The summed E-state index contributed by atoms with van der Waals surface area (Å²) in [5.41, 5.74) is 0.903. The highest BCUT2D eigenvalue weighted by Gasteiger charge is 2.23. The van der Waals surface area contributed by atoms with Crippen LogP contribution in [0.4, 0.5) is 16.2 Å². The number of rotatable bonds is 9. The molecule has 0 bridgehead atoms. The third-order valence-electron chi connectivity index (χ3n) is 6.23. The molecule has 34 heavy (non-hydrogen) atoms. The molecule has 3 aromatic rings. The van der Waals surface area contributed by atoms with Gasteiger partial charge in [0.05, 0.1) is 10.4 Å². The first-order valence-electron chi connectivity index (χ1n) is 11.8. The third-order valence-corrected chi connectivity index (χ3v) is 7.67. The van der Waals surface area contributed by atoms with Gasteiger partial charge in [0.1, 0.15) is 11.6 Å². The molecule has 4 rings (SSSR count). The molecule has 0 atom stereocenters. The Morgan fingerprint density at radius 1 is 0.941 bits per heavy atom. The summed E-state index contributed by atoms with van der Waals surface area (Å²) in [5, 5.41) is 7.82. The van der Waals surface area contributed by atoms with Crippen LogP contribution in [0.15, 0.2) is 53.4 Å². The highest BCUT2D eigenvalue weighted by atomic mass is 32.2. The van der Waals surface area contributed by atoms with Crippen LogP contribution in [0.5, 0.6) is 0 Å². The topological polar surface area (TPSA) is 96.0 Å². The van der Waals surface area contributed by atoms with Crippen molar-refractivity contribution in [3.8, 4) is 0 Å². The molecule has 1 heterocycles. The number of hydrogen-bond acceptors (Lipinski definition) is 6. The molecule has 9 heteroatoms. The van der Waals surface area contributed by atoms with Crippen molar-refractivity contribution >= 4 is 32.7 Å². The number of nitrogens with one attached hydrogen (secondary N) is 3. The quantitative estimate of drug-likeness (QED) is 0.403. The lowest BCUT2D eigenvalue weighted by atomic mass is 9.82. The lowest BCUT2D eigenvalue weighted by Crippen LogP contribution is -2.32. The van der Waals surface area contributed by atoms with Crippen molar-refractivity contribution < 1.29 is 12.8 Å². The number of fused-ring (bicyclic) bond motifs is 1. The number of para-hydroxylation sites is 1. The maximum atomic E-state index is 13.1. The van der Waals surface area contributed by atoms with Gasteiger partial charge in [-0.2, -0.15) is 4.98 Å². The standard InChI is InChI=1S/C25H32FN5O2S/c1-17(2)29-24-22-5-3-4-6-23(22)30-25(31-24)27-15-18-7-9-19(10-8-18)16-28-34(32,33)21-13-11-20(26)12-14-21/h3-6,11-14,17-19,28H,7-10,15-16H2,1-2H3,(H2,27,29,30,31). The van der Waals surface area contributed by atoms with Crippen molar-refractivity contribution in [3.05, 3.63) is 54.3 Å². The summed E-state index contributed by atoms with van der Waals surface area (Å²) in [6.07, 6.45) is 3.94. The van der Waals surface area contributed by atoms with E-state index in [1.165, 1.54) is 12.1 Å². The van der Waals surface area contributed by atoms with Gasteiger partial charge in [0.25, 0.3) is 0 Å². The molecule has 1 fully saturated rings. The minimum Gasteiger partial charge on any atom is -0.367 e. The van der Waals surface area contributed by atoms with Crippen LogP contribution in [0.2, 0.25) is 0 Å². The molecular formula is C25H32FN5O2S. The van der Waals surface area contributed by atoms with E-state index >= 15 is 0 Å². The summed E-state index contributed by atoms with van der Waals surface area (Å²) < 4.78 is 40.6. The van der Waals surface area contributed by atoms with Crippen molar-refractivity contribution in [2.24, 2.45) is 11.8 Å². The van der Waals surface area contributed by atoms with Gasteiger partial charge >= 0.3 is 0 Å². The van der Waals surface area contributed by atoms with Gasteiger partial charge in [-0.3, -0.25) is 0 Å². The second-order valence-corrected chi connectivity index (χ2v) is 11.1. The molecule has 7 nitrogen and oxygen atoms in total. The second-order valence-electron chi connectivity index (χ2n) is 9.29. The maximum Gasteiger partial charge on any atom is 0.240 e. The van der Waals surface area contributed by atoms with Gasteiger partial charge < -0.3 is 10.6 Å². The third kappa shape index (κ3) is 6.21. The predicted octanol–water partition coefficient (Wildman–Crippen LogP) is 4.79. The van der Waals surface area contributed by atoms with Crippen LogP contribution < -0.4 is 15.4 Å². The van der Waals surface area contributed by atoms with Gasteiger partial charge in [-0.15, -0.1) is 0 Å². The fourth-order valence-electron chi connectivity index (χ4n) is 4.34. The van der Waals surface area contributed by atoms with Crippen molar-refractivity contribution in [2.45, 2.75) is 50.5 Å². The first-order valence-corrected chi connectivity index (χ1v) is 13.3. The molecule has 1 aromatic heterocycles. The second kappa shape index (κ2) is 10.7. The van der Waals surface area contributed by atoms with Crippen LogP contribution in [0.3, 0.4) is 0 Å². The molecule has 3 N–H and O–H groups in total. The highest BCUT2D eigenvalue weighted by molar-refractivity contribution is 7.89. The molecule has 0 saturated heterocycles. The summed E-state index contributed by atoms with van der Waals surface area (Å²) in [5.74, 6) is 1.79. The van der Waals surface area contributed by atoms with Crippen LogP contribution in [-0.2, 0) is 10.0 Å². The Bertz CT molecular complexity index is 1210. The largest absolute Gasteiger partial charge is 0.367 e. The van der Waals surface area contributed by atoms with E-state index in [0.717, 1.165) is 61.1 Å². The van der Waals surface area contributed by atoms with Crippen LogP contribution >= 0.6 is 0 Å². The van der Waals surface area contributed by atoms with E-state index in [0.29, 0.717) is 24.3 Å². The molecule has 1 aliphatic rings. The zero-order valence-corrected chi connectivity index (χ0v) is 20.4. The van der Waals surface area contributed by atoms with E-state index < -0.39 is 15.8 Å². The number of halogens is 1. The number of anilines is 2. The van der Waals surface area contributed by atoms with Crippen molar-refractivity contribution in [1.29, 1.82) is 0 Å². The molecule has 1 aliphatic carbocycles. The minimum absolute atomic E-state index is 0.0912. The van der Waals surface area contributed by atoms with Crippen LogP contribution in [0.25, 0.3) is 10.9 Å². The van der Waals surface area contributed by atoms with Gasteiger partial charge in [-0.25, -0.2) is 22.5 Å². The Hall–Kier alpha value is -2.78. The van der Waals surface area contributed by atoms with Crippen molar-refractivity contribution in [3.63, 3.8) is 0 Å². The van der Waals surface area contributed by atoms with E-state index in [1.54, 1.807) is 0 Å². The molecule has 2 aromatic carbocycles. The number of benzene rings is 2. The van der Waals surface area contributed by atoms with Crippen LogP contribution in [-0.4, -0.2) is 37.5 Å². The number of nitrogens with zero attached hydrogens (tertiary/aromatic N) is 2. The number of hydrogen-bond donors (Lipinski definition) is 3. The van der Waals surface area contributed by atoms with Crippen molar-refractivity contribution in [2.75, 3.05) is 23.7 Å². The van der Waals surface area contributed by atoms with Gasteiger partial charge in [0.15, 0.2) is 0 Å². The summed E-state index contributed by atoms with van der Waals surface area (Å²) in [7, 11) is -3.62. The normalized spacial score (nSPS) is 18.8. The fourth-order valence-corrected chi connectivity index (χ4v) is 5.46. The molecular weight excluding hydrogens is 453 g/mol. The number of sulfonamides is 1. The molecule has 0 amide bonds. The average Bonchev–Trinajstić information content (AvgIpc) is 2.82. The maximum absolute atomic E-state index is 13.1. The molecule has 0 aliphatic heterocycles. The minimum atomic E-state index is -3.62. The van der Waals surface area contributed by atoms with E-state index in [2.05, 4.69) is 34.2 Å². The zero-order valence-electron chi connectivity index (χ0n) is 19.6. The SMILES string of the molecule is CC(C)Nc1nc(NCC2CCC(CNS(=O)(=O)c3ccc(F)cc3)CC2)nc2ccccc12. The summed E-state index contributed by atoms with van der Waals surface area (Å²) >= 11 is 0. The van der Waals surface area contributed by atoms with E-state index in [9.17, 15) is 12.8 Å². The molecule has 0 spiro atoms. The van der Waals surface area contributed by atoms with Gasteiger partial charge in [-0.05, 0) is 87.8 Å². The fraction of sp³-hybridized carbons (Fsp3) is 0.440. The number of aromatic nitrogens is 2.